The number of ether oxygens (including phenoxy) is 2. The summed E-state index contributed by atoms with van der Waals surface area (Å²) in [5.74, 6) is 1.33. The molecule has 1 atom stereocenters. The molecule has 122 valence electrons. The van der Waals surface area contributed by atoms with Crippen LogP contribution >= 0.6 is 22.7 Å². The fourth-order valence-electron chi connectivity index (χ4n) is 2.41. The summed E-state index contributed by atoms with van der Waals surface area (Å²) in [4.78, 5) is 17.4. The molecule has 7 heteroatoms. The van der Waals surface area contributed by atoms with Gasteiger partial charge >= 0.3 is 0 Å². The van der Waals surface area contributed by atoms with E-state index in [2.05, 4.69) is 10.3 Å². The van der Waals surface area contributed by atoms with Crippen molar-refractivity contribution in [3.8, 4) is 22.1 Å². The molecule has 0 aliphatic carbocycles. The van der Waals surface area contributed by atoms with E-state index >= 15 is 0 Å². The van der Waals surface area contributed by atoms with Gasteiger partial charge in [-0.25, -0.2) is 4.98 Å². The Balaban J connectivity index is 1.51. The van der Waals surface area contributed by atoms with E-state index in [1.807, 2.05) is 41.9 Å². The van der Waals surface area contributed by atoms with Crippen LogP contribution in [0.25, 0.3) is 10.6 Å². The van der Waals surface area contributed by atoms with Crippen molar-refractivity contribution in [1.29, 1.82) is 0 Å². The number of fused-ring (bicyclic) bond motifs is 1. The van der Waals surface area contributed by atoms with Crippen molar-refractivity contribution in [1.82, 2.24) is 10.3 Å². The van der Waals surface area contributed by atoms with Gasteiger partial charge in [0.15, 0.2) is 11.5 Å². The fraction of sp³-hybridized carbons (Fsp3) is 0.176. The zero-order valence-corrected chi connectivity index (χ0v) is 14.4. The van der Waals surface area contributed by atoms with E-state index < -0.39 is 0 Å². The highest BCUT2D eigenvalue weighted by atomic mass is 32.1. The molecule has 0 saturated carbocycles. The quantitative estimate of drug-likeness (QED) is 0.763. The van der Waals surface area contributed by atoms with Crippen LogP contribution in [0.3, 0.4) is 0 Å². The van der Waals surface area contributed by atoms with Crippen molar-refractivity contribution in [3.05, 3.63) is 51.7 Å². The van der Waals surface area contributed by atoms with Gasteiger partial charge in [-0.2, -0.15) is 11.3 Å². The topological polar surface area (TPSA) is 60.5 Å². The standard InChI is InChI=1S/C17H14N2O3S2/c1-10(12-4-5-23-8-12)19-16(20)15-7-18-17(24-15)11-2-3-13-14(6-11)22-9-21-13/h2-8,10H,9H2,1H3,(H,19,20). The van der Waals surface area contributed by atoms with Crippen molar-refractivity contribution >= 4 is 28.6 Å². The molecule has 1 N–H and O–H groups in total. The number of carbonyl (C=O) groups excluding carboxylic acids is 1. The maximum Gasteiger partial charge on any atom is 0.263 e. The molecule has 5 nitrogen and oxygen atoms in total. The fourth-order valence-corrected chi connectivity index (χ4v) is 3.98. The van der Waals surface area contributed by atoms with Gasteiger partial charge in [0.2, 0.25) is 6.79 Å². The molecule has 1 aliphatic rings. The Hall–Kier alpha value is -2.38. The Morgan fingerprint density at radius 2 is 2.17 bits per heavy atom. The lowest BCUT2D eigenvalue weighted by Crippen LogP contribution is -2.25. The molecule has 24 heavy (non-hydrogen) atoms. The molecule has 1 amide bonds. The highest BCUT2D eigenvalue weighted by Gasteiger charge is 2.18. The molecule has 0 radical (unpaired) electrons. The summed E-state index contributed by atoms with van der Waals surface area (Å²) in [6.07, 6.45) is 1.61. The van der Waals surface area contributed by atoms with E-state index in [1.165, 1.54) is 11.3 Å². The summed E-state index contributed by atoms with van der Waals surface area (Å²) in [6, 6.07) is 7.65. The van der Waals surface area contributed by atoms with Crippen molar-refractivity contribution in [2.45, 2.75) is 13.0 Å². The highest BCUT2D eigenvalue weighted by Crippen LogP contribution is 2.37. The number of thiophene rings is 1. The van der Waals surface area contributed by atoms with Gasteiger partial charge in [-0.1, -0.05) is 0 Å². The van der Waals surface area contributed by atoms with Crippen LogP contribution in [0.4, 0.5) is 0 Å². The van der Waals surface area contributed by atoms with Crippen molar-refractivity contribution < 1.29 is 14.3 Å². The predicted octanol–water partition coefficient (Wildman–Crippen LogP) is 4.09. The Morgan fingerprint density at radius 1 is 1.29 bits per heavy atom. The summed E-state index contributed by atoms with van der Waals surface area (Å²) in [7, 11) is 0. The second-order valence-electron chi connectivity index (χ2n) is 5.35. The smallest absolute Gasteiger partial charge is 0.263 e. The van der Waals surface area contributed by atoms with Gasteiger partial charge in [0.1, 0.15) is 9.88 Å². The van der Waals surface area contributed by atoms with Gasteiger partial charge < -0.3 is 14.8 Å². The number of benzene rings is 1. The van der Waals surface area contributed by atoms with Crippen LogP contribution in [0, 0.1) is 0 Å². The molecule has 1 aliphatic heterocycles. The van der Waals surface area contributed by atoms with Crippen LogP contribution in [-0.2, 0) is 0 Å². The SMILES string of the molecule is CC(NC(=O)c1cnc(-c2ccc3c(c2)OCO3)s1)c1ccsc1. The van der Waals surface area contributed by atoms with Gasteiger partial charge in [-0.05, 0) is 47.5 Å². The molecule has 0 saturated heterocycles. The third-order valence-corrected chi connectivity index (χ3v) is 5.49. The maximum atomic E-state index is 12.4. The molecule has 3 aromatic rings. The monoisotopic (exact) mass is 358 g/mol. The van der Waals surface area contributed by atoms with Crippen LogP contribution in [0.1, 0.15) is 28.2 Å². The highest BCUT2D eigenvalue weighted by molar-refractivity contribution is 7.16. The van der Waals surface area contributed by atoms with Crippen LogP contribution < -0.4 is 14.8 Å². The third kappa shape index (κ3) is 2.88. The second kappa shape index (κ2) is 6.26. The second-order valence-corrected chi connectivity index (χ2v) is 7.16. The molecular weight excluding hydrogens is 344 g/mol. The van der Waals surface area contributed by atoms with Gasteiger partial charge in [-0.15, -0.1) is 11.3 Å². The Morgan fingerprint density at radius 3 is 3.00 bits per heavy atom. The summed E-state index contributed by atoms with van der Waals surface area (Å²) >= 11 is 2.98. The van der Waals surface area contributed by atoms with Crippen LogP contribution in [-0.4, -0.2) is 17.7 Å². The van der Waals surface area contributed by atoms with E-state index in [0.29, 0.717) is 10.6 Å². The Bertz CT molecular complexity index is 874. The Kier molecular flexibility index (Phi) is 3.95. The number of hydrogen-bond acceptors (Lipinski definition) is 6. The number of thiazole rings is 1. The van der Waals surface area contributed by atoms with E-state index in [4.69, 9.17) is 9.47 Å². The molecule has 3 heterocycles. The lowest BCUT2D eigenvalue weighted by Gasteiger charge is -2.11. The van der Waals surface area contributed by atoms with E-state index in [9.17, 15) is 4.79 Å². The summed E-state index contributed by atoms with van der Waals surface area (Å²) in [5, 5.41) is 7.82. The maximum absolute atomic E-state index is 12.4. The number of rotatable bonds is 4. The van der Waals surface area contributed by atoms with Crippen LogP contribution in [0.15, 0.2) is 41.2 Å². The first-order chi connectivity index (χ1) is 11.7. The van der Waals surface area contributed by atoms with Crippen molar-refractivity contribution in [3.63, 3.8) is 0 Å². The van der Waals surface area contributed by atoms with Crippen LogP contribution in [0.5, 0.6) is 11.5 Å². The average Bonchev–Trinajstić information content (AvgIpc) is 3.33. The lowest BCUT2D eigenvalue weighted by molar-refractivity contribution is 0.0944. The van der Waals surface area contributed by atoms with E-state index in [-0.39, 0.29) is 18.7 Å². The van der Waals surface area contributed by atoms with Crippen LogP contribution in [0.2, 0.25) is 0 Å². The minimum Gasteiger partial charge on any atom is -0.454 e. The average molecular weight is 358 g/mol. The summed E-state index contributed by atoms with van der Waals surface area (Å²) in [5.41, 5.74) is 2.02. The molecule has 4 rings (SSSR count). The van der Waals surface area contributed by atoms with Crippen molar-refractivity contribution in [2.24, 2.45) is 0 Å². The van der Waals surface area contributed by atoms with Gasteiger partial charge in [0.25, 0.3) is 5.91 Å². The van der Waals surface area contributed by atoms with Crippen molar-refractivity contribution in [2.75, 3.05) is 6.79 Å². The molecule has 1 unspecified atom stereocenters. The first kappa shape index (κ1) is 15.2. The number of amides is 1. The molecule has 0 bridgehead atoms. The van der Waals surface area contributed by atoms with E-state index in [1.54, 1.807) is 17.5 Å². The number of nitrogens with one attached hydrogen (secondary N) is 1. The molecule has 1 aromatic carbocycles. The lowest BCUT2D eigenvalue weighted by atomic mass is 10.2. The summed E-state index contributed by atoms with van der Waals surface area (Å²) in [6.45, 7) is 2.21. The minimum atomic E-state index is -0.113. The first-order valence-corrected chi connectivity index (χ1v) is 9.15. The number of hydrogen-bond donors (Lipinski definition) is 1. The molecule has 2 aromatic heterocycles. The minimum absolute atomic E-state index is 0.0279. The normalized spacial score (nSPS) is 13.7. The number of nitrogens with zero attached hydrogens (tertiary/aromatic N) is 1. The third-order valence-electron chi connectivity index (χ3n) is 3.74. The van der Waals surface area contributed by atoms with Gasteiger partial charge in [0, 0.05) is 5.56 Å². The van der Waals surface area contributed by atoms with Gasteiger partial charge in [0.05, 0.1) is 12.2 Å². The van der Waals surface area contributed by atoms with E-state index in [0.717, 1.165) is 21.9 Å². The number of carbonyl (C=O) groups is 1. The first-order valence-electron chi connectivity index (χ1n) is 7.39. The molecule has 0 fully saturated rings. The Labute approximate surface area is 146 Å². The molecule has 0 spiro atoms. The largest absolute Gasteiger partial charge is 0.454 e. The zero-order valence-electron chi connectivity index (χ0n) is 12.8. The zero-order chi connectivity index (χ0) is 16.5. The molecular formula is C17H14N2O3S2. The predicted molar refractivity (Wildman–Crippen MR) is 93.9 cm³/mol. The van der Waals surface area contributed by atoms with Gasteiger partial charge in [-0.3, -0.25) is 4.79 Å². The number of aromatic nitrogens is 1. The summed E-state index contributed by atoms with van der Waals surface area (Å²) < 4.78 is 10.7.